The van der Waals surface area contributed by atoms with Gasteiger partial charge in [-0.3, -0.25) is 9.59 Å². The molecule has 0 spiro atoms. The maximum Gasteiger partial charge on any atom is 0.244 e. The highest BCUT2D eigenvalue weighted by molar-refractivity contribution is 5.92. The molecule has 1 atom stereocenters. The van der Waals surface area contributed by atoms with Gasteiger partial charge in [-0.2, -0.15) is 0 Å². The molecule has 2 aromatic heterocycles. The Hall–Kier alpha value is -4.72. The molecule has 2 N–H and O–H groups in total. The normalized spacial score (nSPS) is 14.9. The SMILES string of the molecule is CC(=O)Nc1ccc(/C=C/C(=O)NC[C@H]2CCCN2c2ccc(C)c(COc3cccc4ccc(C)nc34)c2C)cn1. The van der Waals surface area contributed by atoms with E-state index in [0.29, 0.717) is 19.0 Å². The second-order valence-electron chi connectivity index (χ2n) is 10.8. The molecular weight excluding hydrogens is 526 g/mol. The van der Waals surface area contributed by atoms with Crippen LogP contribution in [0.15, 0.2) is 66.9 Å². The van der Waals surface area contributed by atoms with Crippen LogP contribution < -0.4 is 20.3 Å². The Kier molecular flexibility index (Phi) is 8.81. The number of benzene rings is 2. The predicted molar refractivity (Wildman–Crippen MR) is 168 cm³/mol. The summed E-state index contributed by atoms with van der Waals surface area (Å²) in [4.78, 5) is 35.1. The molecule has 2 aromatic carbocycles. The van der Waals surface area contributed by atoms with E-state index in [9.17, 15) is 9.59 Å². The average molecular weight is 564 g/mol. The van der Waals surface area contributed by atoms with Gasteiger partial charge < -0.3 is 20.3 Å². The zero-order chi connectivity index (χ0) is 29.6. The second-order valence-corrected chi connectivity index (χ2v) is 10.8. The molecule has 0 unspecified atom stereocenters. The lowest BCUT2D eigenvalue weighted by molar-refractivity contribution is -0.116. The summed E-state index contributed by atoms with van der Waals surface area (Å²) in [5, 5.41) is 6.76. The van der Waals surface area contributed by atoms with E-state index in [4.69, 9.17) is 9.72 Å². The number of hydrogen-bond acceptors (Lipinski definition) is 6. The van der Waals surface area contributed by atoms with Crippen molar-refractivity contribution >= 4 is 40.3 Å². The number of hydrogen-bond donors (Lipinski definition) is 2. The number of fused-ring (bicyclic) bond motifs is 1. The topological polar surface area (TPSA) is 96.5 Å². The Balaban J connectivity index is 1.23. The molecule has 42 heavy (non-hydrogen) atoms. The third kappa shape index (κ3) is 6.77. The van der Waals surface area contributed by atoms with E-state index in [1.54, 1.807) is 24.4 Å². The third-order valence-corrected chi connectivity index (χ3v) is 7.71. The van der Waals surface area contributed by atoms with E-state index >= 15 is 0 Å². The van der Waals surface area contributed by atoms with Crippen molar-refractivity contribution in [1.29, 1.82) is 0 Å². The van der Waals surface area contributed by atoms with Crippen LogP contribution in [0.3, 0.4) is 0 Å². The molecule has 1 saturated heterocycles. The number of nitrogens with zero attached hydrogens (tertiary/aromatic N) is 3. The van der Waals surface area contributed by atoms with Crippen molar-refractivity contribution < 1.29 is 14.3 Å². The van der Waals surface area contributed by atoms with Gasteiger partial charge in [-0.1, -0.05) is 24.3 Å². The van der Waals surface area contributed by atoms with Gasteiger partial charge in [0.05, 0.1) is 0 Å². The van der Waals surface area contributed by atoms with Crippen molar-refractivity contribution in [1.82, 2.24) is 15.3 Å². The first kappa shape index (κ1) is 28.8. The Morgan fingerprint density at radius 2 is 1.93 bits per heavy atom. The molecule has 8 nitrogen and oxygen atoms in total. The number of amides is 2. The van der Waals surface area contributed by atoms with Crippen LogP contribution in [0.2, 0.25) is 0 Å². The molecule has 0 radical (unpaired) electrons. The minimum Gasteiger partial charge on any atom is -0.487 e. The minimum atomic E-state index is -0.176. The van der Waals surface area contributed by atoms with E-state index in [-0.39, 0.29) is 17.9 Å². The number of carbonyl (C=O) groups is 2. The summed E-state index contributed by atoms with van der Waals surface area (Å²) in [5.41, 5.74) is 7.37. The number of carbonyl (C=O) groups excluding carboxylic acids is 2. The number of pyridine rings is 2. The fourth-order valence-corrected chi connectivity index (χ4v) is 5.47. The first-order chi connectivity index (χ1) is 20.3. The van der Waals surface area contributed by atoms with Gasteiger partial charge in [-0.15, -0.1) is 0 Å². The summed E-state index contributed by atoms with van der Waals surface area (Å²) >= 11 is 0. The van der Waals surface area contributed by atoms with Crippen molar-refractivity contribution in [2.45, 2.75) is 53.2 Å². The Morgan fingerprint density at radius 1 is 1.07 bits per heavy atom. The first-order valence-electron chi connectivity index (χ1n) is 14.3. The number of rotatable bonds is 9. The average Bonchev–Trinajstić information content (AvgIpc) is 3.44. The van der Waals surface area contributed by atoms with Gasteiger partial charge in [0.2, 0.25) is 11.8 Å². The quantitative estimate of drug-likeness (QED) is 0.247. The number of ether oxygens (including phenoxy) is 1. The van der Waals surface area contributed by atoms with Gasteiger partial charge in [0.1, 0.15) is 23.7 Å². The lowest BCUT2D eigenvalue weighted by Gasteiger charge is -2.30. The molecule has 5 rings (SSSR count). The van der Waals surface area contributed by atoms with Gasteiger partial charge >= 0.3 is 0 Å². The highest BCUT2D eigenvalue weighted by Gasteiger charge is 2.27. The lowest BCUT2D eigenvalue weighted by atomic mass is 10.0. The zero-order valence-corrected chi connectivity index (χ0v) is 24.6. The third-order valence-electron chi connectivity index (χ3n) is 7.71. The van der Waals surface area contributed by atoms with Crippen molar-refractivity contribution in [3.8, 4) is 5.75 Å². The standard InChI is InChI=1S/C34H37N5O3/c1-22-10-15-30(24(3)29(22)21-42-31-9-5-7-27-14-11-23(2)37-34(27)31)39-18-6-8-28(39)20-36-33(41)17-13-26-12-16-32(35-19-26)38-25(4)40/h5,7,9-17,19,28H,6,8,18,20-21H2,1-4H3,(H,36,41)(H,35,38,40)/b17-13+/t28-/m1/s1. The number of aryl methyl sites for hydroxylation is 2. The predicted octanol–water partition coefficient (Wildman–Crippen LogP) is 5.89. The molecule has 2 amide bonds. The van der Waals surface area contributed by atoms with Crippen molar-refractivity contribution in [2.75, 3.05) is 23.3 Å². The Labute approximate surface area is 246 Å². The van der Waals surface area contributed by atoms with Crippen LogP contribution in [0.1, 0.15) is 47.7 Å². The molecule has 1 aliphatic heterocycles. The number of aromatic nitrogens is 2. The van der Waals surface area contributed by atoms with Crippen LogP contribution in [0.5, 0.6) is 5.75 Å². The van der Waals surface area contributed by atoms with E-state index in [1.807, 2.05) is 25.1 Å². The molecule has 0 bridgehead atoms. The van der Waals surface area contributed by atoms with E-state index in [1.165, 1.54) is 35.4 Å². The molecule has 1 aliphatic rings. The van der Waals surface area contributed by atoms with Gasteiger partial charge in [0.25, 0.3) is 0 Å². The molecule has 0 saturated carbocycles. The number of nitrogens with one attached hydrogen (secondary N) is 2. The number of para-hydroxylation sites is 1. The van der Waals surface area contributed by atoms with Gasteiger partial charge in [0.15, 0.2) is 0 Å². The van der Waals surface area contributed by atoms with Crippen LogP contribution in [0.25, 0.3) is 17.0 Å². The van der Waals surface area contributed by atoms with Crippen molar-refractivity contribution in [2.24, 2.45) is 0 Å². The lowest BCUT2D eigenvalue weighted by Crippen LogP contribution is -2.40. The van der Waals surface area contributed by atoms with Crippen molar-refractivity contribution in [3.63, 3.8) is 0 Å². The Bertz CT molecular complexity index is 1630. The molecule has 4 aromatic rings. The minimum absolute atomic E-state index is 0.151. The van der Waals surface area contributed by atoms with Crippen LogP contribution in [0.4, 0.5) is 11.5 Å². The van der Waals surface area contributed by atoms with Crippen LogP contribution in [-0.2, 0) is 16.2 Å². The summed E-state index contributed by atoms with van der Waals surface area (Å²) < 4.78 is 6.36. The summed E-state index contributed by atoms with van der Waals surface area (Å²) in [7, 11) is 0. The zero-order valence-electron chi connectivity index (χ0n) is 24.6. The molecule has 0 aliphatic carbocycles. The molecule has 8 heteroatoms. The highest BCUT2D eigenvalue weighted by Crippen LogP contribution is 2.33. The maximum atomic E-state index is 12.6. The molecule has 3 heterocycles. The smallest absolute Gasteiger partial charge is 0.244 e. The monoisotopic (exact) mass is 563 g/mol. The van der Waals surface area contributed by atoms with Gasteiger partial charge in [0, 0.05) is 55.1 Å². The first-order valence-corrected chi connectivity index (χ1v) is 14.3. The Morgan fingerprint density at radius 3 is 2.71 bits per heavy atom. The molecule has 1 fully saturated rings. The fraction of sp³-hybridized carbons (Fsp3) is 0.294. The fourth-order valence-electron chi connectivity index (χ4n) is 5.47. The number of anilines is 2. The van der Waals surface area contributed by atoms with Crippen LogP contribution in [-0.4, -0.2) is 40.9 Å². The van der Waals surface area contributed by atoms with Crippen LogP contribution >= 0.6 is 0 Å². The highest BCUT2D eigenvalue weighted by atomic mass is 16.5. The van der Waals surface area contributed by atoms with E-state index in [2.05, 4.69) is 58.6 Å². The van der Waals surface area contributed by atoms with Gasteiger partial charge in [-0.05, 0) is 92.3 Å². The molecular formula is C34H37N5O3. The molecule has 216 valence electrons. The van der Waals surface area contributed by atoms with E-state index in [0.717, 1.165) is 47.3 Å². The second kappa shape index (κ2) is 12.9. The van der Waals surface area contributed by atoms with E-state index < -0.39 is 0 Å². The largest absolute Gasteiger partial charge is 0.487 e. The van der Waals surface area contributed by atoms with Gasteiger partial charge in [-0.25, -0.2) is 9.97 Å². The summed E-state index contributed by atoms with van der Waals surface area (Å²) in [6.45, 7) is 9.67. The summed E-state index contributed by atoms with van der Waals surface area (Å²) in [6.07, 6.45) is 6.94. The summed E-state index contributed by atoms with van der Waals surface area (Å²) in [5.74, 6) is 0.938. The maximum absolute atomic E-state index is 12.6. The van der Waals surface area contributed by atoms with Crippen molar-refractivity contribution in [3.05, 3.63) is 94.8 Å². The van der Waals surface area contributed by atoms with Crippen LogP contribution in [0, 0.1) is 20.8 Å². The summed E-state index contributed by atoms with van der Waals surface area (Å²) in [6, 6.07) is 18.2.